The molecule has 0 spiro atoms. The predicted octanol–water partition coefficient (Wildman–Crippen LogP) is 3.19. The summed E-state index contributed by atoms with van der Waals surface area (Å²) in [5.41, 5.74) is 0.665. The second-order valence-corrected chi connectivity index (χ2v) is 6.31. The Morgan fingerprint density at radius 1 is 1.14 bits per heavy atom. The maximum Gasteiger partial charge on any atom is 0.573 e. The van der Waals surface area contributed by atoms with E-state index in [4.69, 9.17) is 0 Å². The molecule has 1 fully saturated rings. The summed E-state index contributed by atoms with van der Waals surface area (Å²) < 4.78 is 41.1. The second-order valence-electron chi connectivity index (χ2n) is 6.31. The Kier molecular flexibility index (Phi) is 5.71. The van der Waals surface area contributed by atoms with Crippen LogP contribution < -0.4 is 10.1 Å². The first-order valence-corrected chi connectivity index (χ1v) is 8.52. The Balaban J connectivity index is 2.03. The Labute approximate surface area is 158 Å². The molecule has 10 heteroatoms. The van der Waals surface area contributed by atoms with E-state index in [0.29, 0.717) is 31.7 Å². The molecule has 1 heterocycles. The second kappa shape index (κ2) is 8.03. The SMILES string of the molecule is O=[N+]([O-])c1ccc(O)cc1[C@H](c1ccc(OC(F)(F)F)cc1)N1CCNCC1. The first-order valence-electron chi connectivity index (χ1n) is 8.52. The number of nitro groups is 1. The van der Waals surface area contributed by atoms with Crippen molar-refractivity contribution in [3.8, 4) is 11.5 Å². The minimum atomic E-state index is -4.80. The lowest BCUT2D eigenvalue weighted by molar-refractivity contribution is -0.385. The topological polar surface area (TPSA) is 87.9 Å². The summed E-state index contributed by atoms with van der Waals surface area (Å²) in [5, 5.41) is 24.6. The number of ether oxygens (including phenoxy) is 1. The summed E-state index contributed by atoms with van der Waals surface area (Å²) in [6.45, 7) is 2.49. The lowest BCUT2D eigenvalue weighted by Gasteiger charge is -2.35. The van der Waals surface area contributed by atoms with E-state index in [0.717, 1.165) is 0 Å². The Bertz CT molecular complexity index is 837. The van der Waals surface area contributed by atoms with Crippen LogP contribution in [0.4, 0.5) is 18.9 Å². The molecule has 0 aliphatic carbocycles. The van der Waals surface area contributed by atoms with Crippen LogP contribution >= 0.6 is 0 Å². The van der Waals surface area contributed by atoms with Gasteiger partial charge in [0.2, 0.25) is 0 Å². The maximum atomic E-state index is 12.4. The van der Waals surface area contributed by atoms with E-state index in [1.807, 2.05) is 4.90 Å². The quantitative estimate of drug-likeness (QED) is 0.595. The van der Waals surface area contributed by atoms with Crippen molar-refractivity contribution >= 4 is 5.69 Å². The number of aromatic hydroxyl groups is 1. The van der Waals surface area contributed by atoms with E-state index < -0.39 is 17.3 Å². The summed E-state index contributed by atoms with van der Waals surface area (Å²) in [4.78, 5) is 13.0. The number of phenols is 1. The summed E-state index contributed by atoms with van der Waals surface area (Å²) in [6.07, 6.45) is -4.80. The molecule has 0 amide bonds. The number of benzene rings is 2. The molecule has 2 aromatic carbocycles. The number of phenolic OH excluding ortho intramolecular Hbond substituents is 1. The highest BCUT2D eigenvalue weighted by atomic mass is 19.4. The summed E-state index contributed by atoms with van der Waals surface area (Å²) in [7, 11) is 0. The van der Waals surface area contributed by atoms with Crippen LogP contribution in [0.2, 0.25) is 0 Å². The first kappa shape index (κ1) is 19.9. The van der Waals surface area contributed by atoms with Crippen molar-refractivity contribution < 1.29 is 27.9 Å². The normalized spacial score (nSPS) is 16.5. The maximum absolute atomic E-state index is 12.4. The van der Waals surface area contributed by atoms with E-state index in [-0.39, 0.29) is 22.7 Å². The Morgan fingerprint density at radius 3 is 2.36 bits per heavy atom. The van der Waals surface area contributed by atoms with Gasteiger partial charge in [0.25, 0.3) is 5.69 Å². The highest BCUT2D eigenvalue weighted by molar-refractivity contribution is 5.50. The number of rotatable bonds is 5. The molecule has 1 atom stereocenters. The van der Waals surface area contributed by atoms with Crippen molar-refractivity contribution in [2.24, 2.45) is 0 Å². The van der Waals surface area contributed by atoms with E-state index in [1.54, 1.807) is 0 Å². The molecule has 150 valence electrons. The van der Waals surface area contributed by atoms with Crippen LogP contribution in [0, 0.1) is 10.1 Å². The molecular weight excluding hydrogens is 379 g/mol. The minimum absolute atomic E-state index is 0.127. The van der Waals surface area contributed by atoms with Crippen molar-refractivity contribution in [2.75, 3.05) is 26.2 Å². The number of nitrogens with one attached hydrogen (secondary N) is 1. The number of alkyl halides is 3. The van der Waals surface area contributed by atoms with Crippen LogP contribution in [0.1, 0.15) is 17.2 Å². The molecule has 0 radical (unpaired) electrons. The van der Waals surface area contributed by atoms with Crippen LogP contribution in [0.3, 0.4) is 0 Å². The molecule has 0 aromatic heterocycles. The lowest BCUT2D eigenvalue weighted by Crippen LogP contribution is -2.45. The minimum Gasteiger partial charge on any atom is -0.508 e. The zero-order chi connectivity index (χ0) is 20.3. The molecule has 1 saturated heterocycles. The van der Waals surface area contributed by atoms with Gasteiger partial charge in [-0.15, -0.1) is 13.2 Å². The third-order valence-electron chi connectivity index (χ3n) is 4.45. The summed E-state index contributed by atoms with van der Waals surface area (Å²) >= 11 is 0. The number of nitrogens with zero attached hydrogens (tertiary/aromatic N) is 2. The number of hydrogen-bond donors (Lipinski definition) is 2. The molecule has 1 aliphatic heterocycles. The fourth-order valence-corrected chi connectivity index (χ4v) is 3.31. The fraction of sp³-hybridized carbons (Fsp3) is 0.333. The summed E-state index contributed by atoms with van der Waals surface area (Å²) in [6, 6.07) is 8.42. The van der Waals surface area contributed by atoms with Gasteiger partial charge in [-0.3, -0.25) is 15.0 Å². The smallest absolute Gasteiger partial charge is 0.508 e. The number of hydrogen-bond acceptors (Lipinski definition) is 6. The molecule has 2 N–H and O–H groups in total. The highest BCUT2D eigenvalue weighted by Crippen LogP contribution is 2.37. The molecule has 28 heavy (non-hydrogen) atoms. The van der Waals surface area contributed by atoms with Crippen LogP contribution in [-0.2, 0) is 0 Å². The van der Waals surface area contributed by atoms with E-state index in [1.165, 1.54) is 42.5 Å². The third kappa shape index (κ3) is 4.70. The zero-order valence-corrected chi connectivity index (χ0v) is 14.6. The molecule has 0 bridgehead atoms. The average molecular weight is 397 g/mol. The zero-order valence-electron chi connectivity index (χ0n) is 14.6. The van der Waals surface area contributed by atoms with Gasteiger partial charge in [-0.05, 0) is 29.8 Å². The summed E-state index contributed by atoms with van der Waals surface area (Å²) in [5.74, 6) is -0.501. The van der Waals surface area contributed by atoms with Gasteiger partial charge in [0.15, 0.2) is 0 Å². The molecule has 3 rings (SSSR count). The van der Waals surface area contributed by atoms with Crippen molar-refractivity contribution in [3.63, 3.8) is 0 Å². The standard InChI is InChI=1S/C18H18F3N3O4/c19-18(20,21)28-14-4-1-12(2-5-14)17(23-9-7-22-8-10-23)15-11-13(25)3-6-16(15)24(26)27/h1-6,11,17,22,25H,7-10H2/t17-/m0/s1. The van der Waals surface area contributed by atoms with Gasteiger partial charge in [0.1, 0.15) is 11.5 Å². The van der Waals surface area contributed by atoms with Gasteiger partial charge in [-0.2, -0.15) is 0 Å². The van der Waals surface area contributed by atoms with Crippen molar-refractivity contribution in [2.45, 2.75) is 12.4 Å². The third-order valence-corrected chi connectivity index (χ3v) is 4.45. The van der Waals surface area contributed by atoms with E-state index in [2.05, 4.69) is 10.1 Å². The highest BCUT2D eigenvalue weighted by Gasteiger charge is 2.32. The van der Waals surface area contributed by atoms with Crippen LogP contribution in [0.25, 0.3) is 0 Å². The van der Waals surface area contributed by atoms with Crippen molar-refractivity contribution in [3.05, 3.63) is 63.7 Å². The van der Waals surface area contributed by atoms with Crippen LogP contribution in [0.15, 0.2) is 42.5 Å². The first-order chi connectivity index (χ1) is 13.2. The van der Waals surface area contributed by atoms with Gasteiger partial charge >= 0.3 is 6.36 Å². The number of halogens is 3. The number of piperazine rings is 1. The molecule has 2 aromatic rings. The Hall–Kier alpha value is -2.85. The molecule has 1 aliphatic rings. The van der Waals surface area contributed by atoms with Gasteiger partial charge in [0.05, 0.1) is 16.5 Å². The molecular formula is C18H18F3N3O4. The largest absolute Gasteiger partial charge is 0.573 e. The molecule has 7 nitrogen and oxygen atoms in total. The number of nitro benzene ring substituents is 1. The van der Waals surface area contributed by atoms with Crippen LogP contribution in [-0.4, -0.2) is 47.5 Å². The van der Waals surface area contributed by atoms with E-state index >= 15 is 0 Å². The molecule has 0 saturated carbocycles. The van der Waals surface area contributed by atoms with E-state index in [9.17, 15) is 28.4 Å². The van der Waals surface area contributed by atoms with Crippen molar-refractivity contribution in [1.29, 1.82) is 0 Å². The monoisotopic (exact) mass is 397 g/mol. The van der Waals surface area contributed by atoms with Gasteiger partial charge in [0, 0.05) is 32.2 Å². The van der Waals surface area contributed by atoms with Crippen molar-refractivity contribution in [1.82, 2.24) is 10.2 Å². The molecule has 0 unspecified atom stereocenters. The van der Waals surface area contributed by atoms with Gasteiger partial charge in [-0.25, -0.2) is 0 Å². The fourth-order valence-electron chi connectivity index (χ4n) is 3.31. The Morgan fingerprint density at radius 2 is 1.79 bits per heavy atom. The average Bonchev–Trinajstić information content (AvgIpc) is 2.63. The van der Waals surface area contributed by atoms with Crippen LogP contribution in [0.5, 0.6) is 11.5 Å². The predicted molar refractivity (Wildman–Crippen MR) is 94.2 cm³/mol. The lowest BCUT2D eigenvalue weighted by atomic mass is 9.94. The van der Waals surface area contributed by atoms with Gasteiger partial charge in [-0.1, -0.05) is 12.1 Å². The van der Waals surface area contributed by atoms with Gasteiger partial charge < -0.3 is 15.2 Å².